The van der Waals surface area contributed by atoms with Crippen molar-refractivity contribution >= 4 is 41.0 Å². The quantitative estimate of drug-likeness (QED) is 0.691. The number of carbonyl (C=O) groups is 1. The number of ether oxygens (including phenoxy) is 1. The van der Waals surface area contributed by atoms with Crippen molar-refractivity contribution in [3.63, 3.8) is 0 Å². The molecule has 27 heavy (non-hydrogen) atoms. The van der Waals surface area contributed by atoms with Crippen LogP contribution in [0.4, 0.5) is 23.0 Å². The van der Waals surface area contributed by atoms with Crippen LogP contribution in [0, 0.1) is 0 Å². The second-order valence-electron chi connectivity index (χ2n) is 6.73. The molecule has 2 aliphatic heterocycles. The molecular weight excluding hydrogens is 364 g/mol. The van der Waals surface area contributed by atoms with Crippen LogP contribution in [0.15, 0.2) is 41.3 Å². The Labute approximate surface area is 162 Å². The van der Waals surface area contributed by atoms with Crippen molar-refractivity contribution in [1.82, 2.24) is 4.98 Å². The van der Waals surface area contributed by atoms with E-state index >= 15 is 0 Å². The highest BCUT2D eigenvalue weighted by atomic mass is 32.2. The maximum atomic E-state index is 12.4. The van der Waals surface area contributed by atoms with Gasteiger partial charge in [-0.15, -0.1) is 0 Å². The molecule has 2 aliphatic rings. The molecule has 1 fully saturated rings. The van der Waals surface area contributed by atoms with Crippen molar-refractivity contribution in [3.8, 4) is 0 Å². The molecule has 8 heteroatoms. The summed E-state index contributed by atoms with van der Waals surface area (Å²) >= 11 is 0.708. The van der Waals surface area contributed by atoms with Crippen molar-refractivity contribution in [1.29, 1.82) is 0 Å². The van der Waals surface area contributed by atoms with Gasteiger partial charge in [-0.1, -0.05) is 6.07 Å². The predicted octanol–water partition coefficient (Wildman–Crippen LogP) is 3.72. The Hall–Kier alpha value is -2.29. The average molecular weight is 386 g/mol. The van der Waals surface area contributed by atoms with Crippen LogP contribution in [0.5, 0.6) is 0 Å². The summed E-state index contributed by atoms with van der Waals surface area (Å²) in [5.74, 6) is 1.46. The average Bonchev–Trinajstić information content (AvgIpc) is 2.70. The number of carbonyl (C=O) groups excluding carboxylic acids is 1. The molecule has 1 aromatic heterocycles. The van der Waals surface area contributed by atoms with Gasteiger partial charge < -0.3 is 24.8 Å². The zero-order valence-corrected chi connectivity index (χ0v) is 15.8. The van der Waals surface area contributed by atoms with E-state index in [1.54, 1.807) is 0 Å². The van der Waals surface area contributed by atoms with Gasteiger partial charge in [0.15, 0.2) is 5.82 Å². The normalized spacial score (nSPS) is 20.1. The fourth-order valence-corrected chi connectivity index (χ4v) is 3.91. The van der Waals surface area contributed by atoms with Crippen molar-refractivity contribution in [2.45, 2.75) is 36.7 Å². The third kappa shape index (κ3) is 3.73. The molecule has 3 heterocycles. The topological polar surface area (TPSA) is 86.7 Å². The number of aromatic nitrogens is 1. The van der Waals surface area contributed by atoms with Crippen LogP contribution in [0.2, 0.25) is 0 Å². The second-order valence-corrected chi connectivity index (χ2v) is 7.38. The highest BCUT2D eigenvalue weighted by Crippen LogP contribution is 2.35. The molecule has 1 saturated heterocycles. The number of nitrogens with zero attached hydrogens (tertiary/aromatic N) is 2. The summed E-state index contributed by atoms with van der Waals surface area (Å²) in [5, 5.41) is 6.23. The Balaban J connectivity index is 1.65. The molecule has 0 unspecified atom stereocenters. The summed E-state index contributed by atoms with van der Waals surface area (Å²) < 4.78 is 14.7. The largest absolute Gasteiger partial charge is 0.381 e. The lowest BCUT2D eigenvalue weighted by Gasteiger charge is -2.42. The van der Waals surface area contributed by atoms with Crippen LogP contribution in [0.3, 0.4) is 0 Å². The summed E-state index contributed by atoms with van der Waals surface area (Å²) in [4.78, 5) is 20.1. The maximum Gasteiger partial charge on any atom is 0.246 e. The van der Waals surface area contributed by atoms with E-state index in [1.165, 1.54) is 0 Å². The minimum atomic E-state index is -0.280. The van der Waals surface area contributed by atoms with Gasteiger partial charge in [-0.05, 0) is 50.1 Å². The first-order valence-corrected chi connectivity index (χ1v) is 9.79. The predicted molar refractivity (Wildman–Crippen MR) is 107 cm³/mol. The molecule has 0 spiro atoms. The Morgan fingerprint density at radius 2 is 2.11 bits per heavy atom. The summed E-state index contributed by atoms with van der Waals surface area (Å²) in [7, 11) is 0. The summed E-state index contributed by atoms with van der Waals surface area (Å²) in [6.45, 7) is 3.32. The first-order chi connectivity index (χ1) is 13.2. The maximum absolute atomic E-state index is 12.4. The number of hydrogen-bond acceptors (Lipinski definition) is 7. The second kappa shape index (κ2) is 7.75. The standard InChI is InChI=1S/C19H22N4O3S/c1-12-19(24)21-16-5-6-17(20-13-3-2-4-15(11-13)27-25)22-18(16)23(12)14-7-9-26-10-8-14/h2-6,11-12,14,25H,7-10H2,1H3,(H,20,22)(H,21,24)/t12-/m1/s1. The monoisotopic (exact) mass is 386 g/mol. The Kier molecular flexibility index (Phi) is 5.20. The molecule has 3 N–H and O–H groups in total. The molecule has 4 rings (SSSR count). The molecule has 0 aliphatic carbocycles. The van der Waals surface area contributed by atoms with Gasteiger partial charge in [0, 0.05) is 41.9 Å². The number of amides is 1. The molecule has 0 radical (unpaired) electrons. The van der Waals surface area contributed by atoms with Gasteiger partial charge in [-0.3, -0.25) is 4.79 Å². The first kappa shape index (κ1) is 18.1. The molecule has 2 aromatic rings. The number of nitrogens with one attached hydrogen (secondary N) is 2. The van der Waals surface area contributed by atoms with E-state index < -0.39 is 0 Å². The van der Waals surface area contributed by atoms with E-state index in [9.17, 15) is 9.35 Å². The lowest BCUT2D eigenvalue weighted by molar-refractivity contribution is -0.117. The van der Waals surface area contributed by atoms with Crippen molar-refractivity contribution < 1.29 is 14.1 Å². The lowest BCUT2D eigenvalue weighted by atomic mass is 10.0. The fourth-order valence-electron chi connectivity index (χ4n) is 3.59. The number of rotatable bonds is 4. The minimum absolute atomic E-state index is 0.0100. The summed E-state index contributed by atoms with van der Waals surface area (Å²) in [5.41, 5.74) is 1.57. The zero-order chi connectivity index (χ0) is 18.8. The summed E-state index contributed by atoms with van der Waals surface area (Å²) in [6, 6.07) is 11.2. The van der Waals surface area contributed by atoms with E-state index in [0.717, 1.165) is 34.9 Å². The molecule has 7 nitrogen and oxygen atoms in total. The third-order valence-electron chi connectivity index (χ3n) is 4.97. The number of hydrogen-bond donors (Lipinski definition) is 3. The van der Waals surface area contributed by atoms with Gasteiger partial charge in [0.2, 0.25) is 5.91 Å². The van der Waals surface area contributed by atoms with Crippen molar-refractivity contribution in [2.24, 2.45) is 0 Å². The van der Waals surface area contributed by atoms with Crippen LogP contribution >= 0.6 is 12.0 Å². The van der Waals surface area contributed by atoms with Crippen LogP contribution in [-0.2, 0) is 9.53 Å². The van der Waals surface area contributed by atoms with Crippen LogP contribution in [0.1, 0.15) is 19.8 Å². The minimum Gasteiger partial charge on any atom is -0.381 e. The van der Waals surface area contributed by atoms with Gasteiger partial charge in [-0.25, -0.2) is 4.98 Å². The van der Waals surface area contributed by atoms with Gasteiger partial charge >= 0.3 is 0 Å². The first-order valence-electron chi connectivity index (χ1n) is 9.02. The molecule has 1 amide bonds. The van der Waals surface area contributed by atoms with Gasteiger partial charge in [0.25, 0.3) is 0 Å². The molecule has 0 bridgehead atoms. The SMILES string of the molecule is C[C@@H]1C(=O)Nc2ccc(Nc3cccc(SO)c3)nc2N1C1CCOCC1. The molecule has 0 saturated carbocycles. The molecule has 142 valence electrons. The van der Waals surface area contributed by atoms with Crippen LogP contribution in [-0.4, -0.2) is 40.7 Å². The molecular formula is C19H22N4O3S. The van der Waals surface area contributed by atoms with Crippen LogP contribution < -0.4 is 15.5 Å². The highest BCUT2D eigenvalue weighted by Gasteiger charge is 2.36. The fraction of sp³-hybridized carbons (Fsp3) is 0.368. The van der Waals surface area contributed by atoms with Crippen molar-refractivity contribution in [2.75, 3.05) is 28.7 Å². The zero-order valence-electron chi connectivity index (χ0n) is 15.0. The number of benzene rings is 1. The smallest absolute Gasteiger partial charge is 0.246 e. The molecule has 1 aromatic carbocycles. The highest BCUT2D eigenvalue weighted by molar-refractivity contribution is 7.93. The molecule has 1 atom stereocenters. The lowest BCUT2D eigenvalue weighted by Crippen LogP contribution is -2.53. The van der Waals surface area contributed by atoms with E-state index in [-0.39, 0.29) is 18.0 Å². The summed E-state index contributed by atoms with van der Waals surface area (Å²) in [6.07, 6.45) is 1.76. The van der Waals surface area contributed by atoms with Gasteiger partial charge in [0.05, 0.1) is 5.69 Å². The number of fused-ring (bicyclic) bond motifs is 1. The Bertz CT molecular complexity index is 841. The van der Waals surface area contributed by atoms with E-state index in [2.05, 4.69) is 15.5 Å². The number of pyridine rings is 1. The van der Waals surface area contributed by atoms with E-state index in [0.29, 0.717) is 31.1 Å². The Morgan fingerprint density at radius 3 is 2.89 bits per heavy atom. The van der Waals surface area contributed by atoms with Gasteiger partial charge in [0.1, 0.15) is 11.9 Å². The van der Waals surface area contributed by atoms with Gasteiger partial charge in [-0.2, -0.15) is 0 Å². The third-order valence-corrected chi connectivity index (χ3v) is 5.44. The number of anilines is 4. The van der Waals surface area contributed by atoms with Crippen molar-refractivity contribution in [3.05, 3.63) is 36.4 Å². The van der Waals surface area contributed by atoms with E-state index in [4.69, 9.17) is 9.72 Å². The van der Waals surface area contributed by atoms with E-state index in [1.807, 2.05) is 43.3 Å². The Morgan fingerprint density at radius 1 is 1.30 bits per heavy atom. The van der Waals surface area contributed by atoms with Crippen LogP contribution in [0.25, 0.3) is 0 Å².